The Kier molecular flexibility index (Phi) is 4.48. The monoisotopic (exact) mass is 238 g/mol. The van der Waals surface area contributed by atoms with Crippen LogP contribution in [0.4, 0.5) is 0 Å². The largest absolute Gasteiger partial charge is 0.311 e. The maximum Gasteiger partial charge on any atom is 0.0205 e. The molecule has 0 aromatic heterocycles. The van der Waals surface area contributed by atoms with E-state index in [0.717, 1.165) is 12.0 Å². The van der Waals surface area contributed by atoms with Gasteiger partial charge in [-0.15, -0.1) is 0 Å². The third kappa shape index (κ3) is 2.85. The molecular formula is C15H30N2. The topological polar surface area (TPSA) is 15.3 Å². The molecule has 100 valence electrons. The minimum absolute atomic E-state index is 0.460. The maximum atomic E-state index is 3.81. The summed E-state index contributed by atoms with van der Waals surface area (Å²) in [4.78, 5) is 2.68. The molecule has 2 heterocycles. The summed E-state index contributed by atoms with van der Waals surface area (Å²) in [6, 6.07) is 0.873. The van der Waals surface area contributed by atoms with Gasteiger partial charge in [0.2, 0.25) is 0 Å². The van der Waals surface area contributed by atoms with Crippen LogP contribution in [0, 0.1) is 5.92 Å². The molecule has 0 saturated carbocycles. The lowest BCUT2D eigenvalue weighted by Crippen LogP contribution is -2.46. The average molecular weight is 238 g/mol. The highest BCUT2D eigenvalue weighted by atomic mass is 15.2. The molecule has 0 amide bonds. The fourth-order valence-electron chi connectivity index (χ4n) is 3.89. The van der Waals surface area contributed by atoms with Gasteiger partial charge in [-0.2, -0.15) is 0 Å². The lowest BCUT2D eigenvalue weighted by Gasteiger charge is -2.36. The molecule has 2 heteroatoms. The lowest BCUT2D eigenvalue weighted by atomic mass is 9.80. The van der Waals surface area contributed by atoms with Crippen LogP contribution in [0.5, 0.6) is 0 Å². The Hall–Kier alpha value is -0.0800. The van der Waals surface area contributed by atoms with Gasteiger partial charge in [0.25, 0.3) is 0 Å². The number of likely N-dealkylation sites (tertiary alicyclic amines) is 1. The maximum absolute atomic E-state index is 3.81. The van der Waals surface area contributed by atoms with Crippen LogP contribution in [0.3, 0.4) is 0 Å². The molecule has 2 unspecified atom stereocenters. The number of nitrogens with one attached hydrogen (secondary N) is 1. The van der Waals surface area contributed by atoms with Gasteiger partial charge >= 0.3 is 0 Å². The zero-order chi connectivity index (χ0) is 12.3. The zero-order valence-corrected chi connectivity index (χ0v) is 12.0. The average Bonchev–Trinajstić information content (AvgIpc) is 2.96. The number of hydrogen-bond acceptors (Lipinski definition) is 2. The first-order valence-corrected chi connectivity index (χ1v) is 7.67. The summed E-state index contributed by atoms with van der Waals surface area (Å²) in [6.45, 7) is 10.9. The fraction of sp³-hybridized carbons (Fsp3) is 1.00. The highest BCUT2D eigenvalue weighted by Gasteiger charge is 2.37. The Labute approximate surface area is 107 Å². The summed E-state index contributed by atoms with van der Waals surface area (Å²) in [5.74, 6) is 0.779. The third-order valence-electron chi connectivity index (χ3n) is 5.21. The molecule has 2 fully saturated rings. The number of nitrogens with zero attached hydrogens (tertiary/aromatic N) is 1. The van der Waals surface area contributed by atoms with Crippen molar-refractivity contribution in [2.75, 3.05) is 19.6 Å². The van der Waals surface area contributed by atoms with Gasteiger partial charge in [-0.25, -0.2) is 0 Å². The standard InChI is InChI=1S/C15H30N2/c1-4-17-12-5-7-14(17)8-10-15(13(2)3)9-6-11-16-15/h13-14,16H,4-12H2,1-3H3. The van der Waals surface area contributed by atoms with Crippen molar-refractivity contribution in [3.63, 3.8) is 0 Å². The highest BCUT2D eigenvalue weighted by Crippen LogP contribution is 2.34. The molecule has 2 aliphatic rings. The molecule has 0 aliphatic carbocycles. The Balaban J connectivity index is 1.87. The molecule has 17 heavy (non-hydrogen) atoms. The van der Waals surface area contributed by atoms with Crippen molar-refractivity contribution in [2.45, 2.75) is 70.9 Å². The van der Waals surface area contributed by atoms with Crippen molar-refractivity contribution >= 4 is 0 Å². The summed E-state index contributed by atoms with van der Waals surface area (Å²) >= 11 is 0. The first kappa shape index (κ1) is 13.4. The predicted molar refractivity (Wildman–Crippen MR) is 74.3 cm³/mol. The molecule has 2 atom stereocenters. The summed E-state index contributed by atoms with van der Waals surface area (Å²) in [5, 5.41) is 3.81. The van der Waals surface area contributed by atoms with Gasteiger partial charge < -0.3 is 10.2 Å². The van der Waals surface area contributed by atoms with Gasteiger partial charge in [-0.05, 0) is 64.1 Å². The SMILES string of the molecule is CCN1CCCC1CCC1(C(C)C)CCCN1. The van der Waals surface area contributed by atoms with Crippen LogP contribution in [0.2, 0.25) is 0 Å². The van der Waals surface area contributed by atoms with Gasteiger partial charge in [0.15, 0.2) is 0 Å². The summed E-state index contributed by atoms with van der Waals surface area (Å²) in [5.41, 5.74) is 0.460. The molecule has 2 saturated heterocycles. The Bertz CT molecular complexity index is 231. The zero-order valence-electron chi connectivity index (χ0n) is 12.0. The van der Waals surface area contributed by atoms with Crippen molar-refractivity contribution in [1.29, 1.82) is 0 Å². The summed E-state index contributed by atoms with van der Waals surface area (Å²) in [7, 11) is 0. The van der Waals surface area contributed by atoms with Crippen molar-refractivity contribution in [2.24, 2.45) is 5.92 Å². The van der Waals surface area contributed by atoms with Crippen LogP contribution in [0.1, 0.15) is 59.3 Å². The third-order valence-corrected chi connectivity index (χ3v) is 5.21. The molecule has 0 radical (unpaired) electrons. The molecule has 0 aromatic rings. The Morgan fingerprint density at radius 2 is 2.18 bits per heavy atom. The second-order valence-corrected chi connectivity index (χ2v) is 6.30. The summed E-state index contributed by atoms with van der Waals surface area (Å²) in [6.07, 6.45) is 8.40. The van der Waals surface area contributed by atoms with Crippen molar-refractivity contribution < 1.29 is 0 Å². The van der Waals surface area contributed by atoms with Crippen LogP contribution in [-0.2, 0) is 0 Å². The number of rotatable bonds is 5. The highest BCUT2D eigenvalue weighted by molar-refractivity contribution is 4.96. The lowest BCUT2D eigenvalue weighted by molar-refractivity contribution is 0.196. The van der Waals surface area contributed by atoms with E-state index >= 15 is 0 Å². The molecule has 0 spiro atoms. The number of hydrogen-bond donors (Lipinski definition) is 1. The van der Waals surface area contributed by atoms with Crippen molar-refractivity contribution in [3.8, 4) is 0 Å². The van der Waals surface area contributed by atoms with Crippen LogP contribution in [0.15, 0.2) is 0 Å². The smallest absolute Gasteiger partial charge is 0.0205 e. The minimum atomic E-state index is 0.460. The van der Waals surface area contributed by atoms with Crippen molar-refractivity contribution in [1.82, 2.24) is 10.2 Å². The van der Waals surface area contributed by atoms with Gasteiger partial charge in [0, 0.05) is 11.6 Å². The van der Waals surface area contributed by atoms with E-state index in [9.17, 15) is 0 Å². The fourth-order valence-corrected chi connectivity index (χ4v) is 3.89. The van der Waals surface area contributed by atoms with E-state index in [1.54, 1.807) is 0 Å². The first-order valence-electron chi connectivity index (χ1n) is 7.67. The second-order valence-electron chi connectivity index (χ2n) is 6.30. The Morgan fingerprint density at radius 1 is 1.35 bits per heavy atom. The van der Waals surface area contributed by atoms with Gasteiger partial charge in [0.1, 0.15) is 0 Å². The normalized spacial score (nSPS) is 34.9. The van der Waals surface area contributed by atoms with Crippen LogP contribution in [-0.4, -0.2) is 36.1 Å². The van der Waals surface area contributed by atoms with Gasteiger partial charge in [-0.3, -0.25) is 0 Å². The Morgan fingerprint density at radius 3 is 2.76 bits per heavy atom. The van der Waals surface area contributed by atoms with E-state index in [-0.39, 0.29) is 0 Å². The molecule has 0 bridgehead atoms. The van der Waals surface area contributed by atoms with Crippen LogP contribution < -0.4 is 5.32 Å². The molecule has 1 N–H and O–H groups in total. The molecule has 2 rings (SSSR count). The second kappa shape index (κ2) is 5.71. The van der Waals surface area contributed by atoms with Crippen LogP contribution in [0.25, 0.3) is 0 Å². The van der Waals surface area contributed by atoms with Crippen LogP contribution >= 0.6 is 0 Å². The molecule has 0 aromatic carbocycles. The van der Waals surface area contributed by atoms with E-state index in [1.807, 2.05) is 0 Å². The first-order chi connectivity index (χ1) is 8.18. The van der Waals surface area contributed by atoms with Crippen molar-refractivity contribution in [3.05, 3.63) is 0 Å². The minimum Gasteiger partial charge on any atom is -0.311 e. The van der Waals surface area contributed by atoms with Gasteiger partial charge in [0.05, 0.1) is 0 Å². The molecular weight excluding hydrogens is 208 g/mol. The van der Waals surface area contributed by atoms with E-state index in [4.69, 9.17) is 0 Å². The molecule has 2 nitrogen and oxygen atoms in total. The van der Waals surface area contributed by atoms with E-state index < -0.39 is 0 Å². The quantitative estimate of drug-likeness (QED) is 0.792. The summed E-state index contributed by atoms with van der Waals surface area (Å²) < 4.78 is 0. The van der Waals surface area contributed by atoms with Gasteiger partial charge in [-0.1, -0.05) is 20.8 Å². The van der Waals surface area contributed by atoms with E-state index in [1.165, 1.54) is 58.2 Å². The van der Waals surface area contributed by atoms with E-state index in [2.05, 4.69) is 31.0 Å². The predicted octanol–water partition coefficient (Wildman–Crippen LogP) is 3.03. The van der Waals surface area contributed by atoms with E-state index in [0.29, 0.717) is 5.54 Å². The molecule has 2 aliphatic heterocycles.